The summed E-state index contributed by atoms with van der Waals surface area (Å²) in [6.07, 6.45) is 16.3. The molecule has 0 aromatic rings. The standard InChI is InChI=1S/C15H33O4P.K.H/c1-2-3-4-5-6-7-8-9-10-11-12-13-14-15-19-20(16,17)18;;/h2-15H2,1H3,(H2,16,17,18);;. The van der Waals surface area contributed by atoms with Crippen molar-refractivity contribution in [1.29, 1.82) is 0 Å². The van der Waals surface area contributed by atoms with Gasteiger partial charge in [0, 0.05) is 0 Å². The molecule has 0 saturated heterocycles. The van der Waals surface area contributed by atoms with Crippen molar-refractivity contribution >= 4 is 59.2 Å². The van der Waals surface area contributed by atoms with Crippen LogP contribution < -0.4 is 0 Å². The van der Waals surface area contributed by atoms with E-state index in [4.69, 9.17) is 9.79 Å². The van der Waals surface area contributed by atoms with Gasteiger partial charge in [0.05, 0.1) is 6.61 Å². The molecule has 0 spiro atoms. The van der Waals surface area contributed by atoms with Crippen LogP contribution in [0.25, 0.3) is 0 Å². The van der Waals surface area contributed by atoms with Gasteiger partial charge in [-0.3, -0.25) is 4.52 Å². The molecule has 0 aliphatic rings. The third-order valence-corrected chi connectivity index (χ3v) is 4.03. The number of phosphoric acid groups is 1. The van der Waals surface area contributed by atoms with Gasteiger partial charge in [-0.15, -0.1) is 0 Å². The van der Waals surface area contributed by atoms with Crippen molar-refractivity contribution in [1.82, 2.24) is 0 Å². The van der Waals surface area contributed by atoms with Crippen LogP contribution in [-0.4, -0.2) is 67.8 Å². The van der Waals surface area contributed by atoms with Gasteiger partial charge in [-0.05, 0) is 6.42 Å². The molecule has 0 aliphatic carbocycles. The zero-order valence-corrected chi connectivity index (χ0v) is 14.0. The van der Waals surface area contributed by atoms with Crippen molar-refractivity contribution in [2.75, 3.05) is 6.61 Å². The van der Waals surface area contributed by atoms with Gasteiger partial charge in [0.15, 0.2) is 0 Å². The van der Waals surface area contributed by atoms with E-state index in [1.807, 2.05) is 0 Å². The molecule has 2 N–H and O–H groups in total. The molecular weight excluding hydrogens is 314 g/mol. The van der Waals surface area contributed by atoms with E-state index in [9.17, 15) is 4.57 Å². The molecular formula is C15H34KO4P. The van der Waals surface area contributed by atoms with Gasteiger partial charge in [0.2, 0.25) is 0 Å². The molecule has 0 bridgehead atoms. The Morgan fingerprint density at radius 1 is 0.714 bits per heavy atom. The second kappa shape index (κ2) is 18.1. The zero-order valence-electron chi connectivity index (χ0n) is 13.1. The summed E-state index contributed by atoms with van der Waals surface area (Å²) < 4.78 is 14.8. The van der Waals surface area contributed by atoms with Gasteiger partial charge in [0.1, 0.15) is 0 Å². The quantitative estimate of drug-likeness (QED) is 0.259. The van der Waals surface area contributed by atoms with Crippen LogP contribution in [0.15, 0.2) is 0 Å². The van der Waals surface area contributed by atoms with Gasteiger partial charge in [-0.25, -0.2) is 4.57 Å². The molecule has 0 aromatic heterocycles. The molecule has 0 saturated carbocycles. The van der Waals surface area contributed by atoms with E-state index in [1.54, 1.807) is 0 Å². The molecule has 4 nitrogen and oxygen atoms in total. The molecule has 0 unspecified atom stereocenters. The van der Waals surface area contributed by atoms with Crippen LogP contribution in [-0.2, 0) is 9.09 Å². The zero-order chi connectivity index (χ0) is 15.1. The monoisotopic (exact) mass is 348 g/mol. The predicted octanol–water partition coefficient (Wildman–Crippen LogP) is 4.54. The van der Waals surface area contributed by atoms with Gasteiger partial charge in [-0.2, -0.15) is 0 Å². The van der Waals surface area contributed by atoms with E-state index in [0.29, 0.717) is 0 Å². The van der Waals surface area contributed by atoms with Crippen LogP contribution in [0.4, 0.5) is 0 Å². The first-order valence-corrected chi connectivity index (χ1v) is 9.79. The van der Waals surface area contributed by atoms with Gasteiger partial charge in [0.25, 0.3) is 0 Å². The summed E-state index contributed by atoms with van der Waals surface area (Å²) >= 11 is 0. The summed E-state index contributed by atoms with van der Waals surface area (Å²) in [4.78, 5) is 17.0. The summed E-state index contributed by atoms with van der Waals surface area (Å²) in [7, 11) is -4.25. The number of phosphoric ester groups is 1. The molecule has 0 radical (unpaired) electrons. The number of unbranched alkanes of at least 4 members (excludes halogenated alkanes) is 12. The van der Waals surface area contributed by atoms with Crippen LogP contribution in [0, 0.1) is 0 Å². The number of rotatable bonds is 15. The molecule has 0 fully saturated rings. The molecule has 0 rings (SSSR count). The fourth-order valence-corrected chi connectivity index (χ4v) is 2.67. The van der Waals surface area contributed by atoms with Crippen molar-refractivity contribution in [2.45, 2.75) is 90.4 Å². The maximum atomic E-state index is 10.4. The molecule has 0 aromatic carbocycles. The Kier molecular flexibility index (Phi) is 21.5. The molecule has 0 amide bonds. The molecule has 0 heterocycles. The fourth-order valence-electron chi connectivity index (χ4n) is 2.30. The second-order valence-electron chi connectivity index (χ2n) is 5.57. The number of hydrogen-bond donors (Lipinski definition) is 2. The second-order valence-corrected chi connectivity index (χ2v) is 6.81. The third-order valence-electron chi connectivity index (χ3n) is 3.51. The van der Waals surface area contributed by atoms with Crippen LogP contribution in [0.2, 0.25) is 0 Å². The van der Waals surface area contributed by atoms with Crippen LogP contribution in [0.1, 0.15) is 90.4 Å². The minimum atomic E-state index is -4.25. The normalized spacial score (nSPS) is 11.4. The van der Waals surface area contributed by atoms with E-state index in [1.165, 1.54) is 64.2 Å². The van der Waals surface area contributed by atoms with Crippen molar-refractivity contribution in [2.24, 2.45) is 0 Å². The Hall–Kier alpha value is 1.75. The average molecular weight is 349 g/mol. The van der Waals surface area contributed by atoms with E-state index in [2.05, 4.69) is 11.4 Å². The maximum absolute atomic E-state index is 10.4. The minimum absolute atomic E-state index is 0. The molecule has 124 valence electrons. The van der Waals surface area contributed by atoms with Crippen LogP contribution >= 0.6 is 7.82 Å². The van der Waals surface area contributed by atoms with Gasteiger partial charge in [-0.1, -0.05) is 84.0 Å². The van der Waals surface area contributed by atoms with Crippen LogP contribution in [0.3, 0.4) is 0 Å². The fraction of sp³-hybridized carbons (Fsp3) is 1.00. The molecule has 6 heteroatoms. The Balaban J connectivity index is 0. The first kappa shape index (κ1) is 25.0. The van der Waals surface area contributed by atoms with Crippen molar-refractivity contribution in [3.8, 4) is 0 Å². The van der Waals surface area contributed by atoms with E-state index < -0.39 is 7.82 Å². The van der Waals surface area contributed by atoms with Crippen molar-refractivity contribution in [3.63, 3.8) is 0 Å². The first-order valence-electron chi connectivity index (χ1n) is 8.26. The van der Waals surface area contributed by atoms with Crippen molar-refractivity contribution < 1.29 is 18.9 Å². The van der Waals surface area contributed by atoms with Gasteiger partial charge < -0.3 is 9.79 Å². The Morgan fingerprint density at radius 3 is 1.38 bits per heavy atom. The Bertz CT molecular complexity index is 246. The van der Waals surface area contributed by atoms with E-state index in [-0.39, 0.29) is 58.0 Å². The summed E-state index contributed by atoms with van der Waals surface area (Å²) in [6, 6.07) is 0. The molecule has 0 aliphatic heterocycles. The number of hydrogen-bond acceptors (Lipinski definition) is 2. The topological polar surface area (TPSA) is 66.8 Å². The SMILES string of the molecule is CCCCCCCCCCCCCCCOP(=O)(O)O.[KH]. The predicted molar refractivity (Wildman–Crippen MR) is 90.8 cm³/mol. The van der Waals surface area contributed by atoms with Crippen LogP contribution in [0.5, 0.6) is 0 Å². The summed E-state index contributed by atoms with van der Waals surface area (Å²) in [5.74, 6) is 0. The van der Waals surface area contributed by atoms with E-state index in [0.717, 1.165) is 19.3 Å². The summed E-state index contributed by atoms with van der Waals surface area (Å²) in [6.45, 7) is 2.42. The molecule has 0 atom stereocenters. The van der Waals surface area contributed by atoms with Crippen molar-refractivity contribution in [3.05, 3.63) is 0 Å². The average Bonchev–Trinajstić information content (AvgIpc) is 2.38. The van der Waals surface area contributed by atoms with E-state index >= 15 is 0 Å². The molecule has 21 heavy (non-hydrogen) atoms. The third kappa shape index (κ3) is 24.1. The first-order chi connectivity index (χ1) is 9.56. The van der Waals surface area contributed by atoms with Gasteiger partial charge >= 0.3 is 59.2 Å². The Morgan fingerprint density at radius 2 is 1.05 bits per heavy atom. The summed E-state index contributed by atoms with van der Waals surface area (Å²) in [5, 5.41) is 0. The Labute approximate surface area is 173 Å². The summed E-state index contributed by atoms with van der Waals surface area (Å²) in [5.41, 5.74) is 0.